The average molecular weight is 272 g/mol. The highest BCUT2D eigenvalue weighted by Gasteiger charge is 2.06. The molecule has 0 fully saturated rings. The number of aryl methyl sites for hydroxylation is 2. The monoisotopic (exact) mass is 272 g/mol. The Morgan fingerprint density at radius 2 is 2.00 bits per heavy atom. The minimum Gasteiger partial charge on any atom is -0.496 e. The second-order valence-corrected chi connectivity index (χ2v) is 4.59. The molecule has 5 nitrogen and oxygen atoms in total. The van der Waals surface area contributed by atoms with Gasteiger partial charge in [-0.25, -0.2) is 9.97 Å². The van der Waals surface area contributed by atoms with Crippen LogP contribution >= 0.6 is 0 Å². The Balaban J connectivity index is 2.36. The number of aromatic nitrogens is 2. The van der Waals surface area contributed by atoms with E-state index in [0.717, 1.165) is 34.2 Å². The fourth-order valence-corrected chi connectivity index (χ4v) is 2.04. The van der Waals surface area contributed by atoms with E-state index in [1.54, 1.807) is 7.11 Å². The molecule has 0 radical (unpaired) electrons. The fourth-order valence-electron chi connectivity index (χ4n) is 2.04. The average Bonchev–Trinajstić information content (AvgIpc) is 2.44. The topological polar surface area (TPSA) is 73.1 Å². The van der Waals surface area contributed by atoms with Crippen molar-refractivity contribution in [2.45, 2.75) is 13.8 Å². The van der Waals surface area contributed by atoms with E-state index in [2.05, 4.69) is 21.4 Å². The molecule has 0 bridgehead atoms. The lowest BCUT2D eigenvalue weighted by atomic mass is 10.1. The molecule has 0 unspecified atom stereocenters. The van der Waals surface area contributed by atoms with Crippen LogP contribution < -0.4 is 15.8 Å². The molecule has 1 heterocycles. The summed E-state index contributed by atoms with van der Waals surface area (Å²) in [7, 11) is 1.67. The minimum absolute atomic E-state index is 0.569. The molecule has 5 heteroatoms. The Bertz CT molecular complexity index is 598. The summed E-state index contributed by atoms with van der Waals surface area (Å²) in [5.74, 6) is 2.41. The van der Waals surface area contributed by atoms with Crippen LogP contribution in [0.25, 0.3) is 11.3 Å². The van der Waals surface area contributed by atoms with Crippen LogP contribution in [-0.2, 0) is 0 Å². The van der Waals surface area contributed by atoms with Gasteiger partial charge in [-0.15, -0.1) is 0 Å². The van der Waals surface area contributed by atoms with Gasteiger partial charge >= 0.3 is 0 Å². The van der Waals surface area contributed by atoms with Gasteiger partial charge in [0.1, 0.15) is 17.4 Å². The highest BCUT2D eigenvalue weighted by Crippen LogP contribution is 2.26. The van der Waals surface area contributed by atoms with Crippen molar-refractivity contribution in [3.63, 3.8) is 0 Å². The van der Waals surface area contributed by atoms with Gasteiger partial charge in [-0.05, 0) is 37.6 Å². The number of nitrogens with zero attached hydrogens (tertiary/aromatic N) is 2. The van der Waals surface area contributed by atoms with Gasteiger partial charge in [0.05, 0.1) is 12.8 Å². The standard InChI is InChI=1S/C15H20N4O/c1-10-8-12(4-5-14(10)20-3)13-9-15(17-7-6-16)19-11(2)18-13/h4-5,8-9H,6-7,16H2,1-3H3,(H,17,18,19). The van der Waals surface area contributed by atoms with Crippen molar-refractivity contribution < 1.29 is 4.74 Å². The van der Waals surface area contributed by atoms with Crippen LogP contribution in [0, 0.1) is 13.8 Å². The molecule has 0 aliphatic rings. The normalized spacial score (nSPS) is 10.4. The first-order valence-corrected chi connectivity index (χ1v) is 6.58. The maximum atomic E-state index is 5.50. The lowest BCUT2D eigenvalue weighted by Gasteiger charge is -2.10. The Morgan fingerprint density at radius 3 is 2.65 bits per heavy atom. The van der Waals surface area contributed by atoms with Gasteiger partial charge in [0.25, 0.3) is 0 Å². The van der Waals surface area contributed by atoms with Crippen molar-refractivity contribution in [3.05, 3.63) is 35.7 Å². The Kier molecular flexibility index (Phi) is 4.53. The SMILES string of the molecule is COc1ccc(-c2cc(NCCN)nc(C)n2)cc1C. The first kappa shape index (κ1) is 14.3. The van der Waals surface area contributed by atoms with E-state index in [-0.39, 0.29) is 0 Å². The number of hydrogen-bond acceptors (Lipinski definition) is 5. The zero-order valence-corrected chi connectivity index (χ0v) is 12.1. The number of rotatable bonds is 5. The number of nitrogens with one attached hydrogen (secondary N) is 1. The third-order valence-electron chi connectivity index (χ3n) is 2.98. The predicted molar refractivity (Wildman–Crippen MR) is 81.0 cm³/mol. The van der Waals surface area contributed by atoms with Gasteiger partial charge in [-0.2, -0.15) is 0 Å². The summed E-state index contributed by atoms with van der Waals surface area (Å²) in [5.41, 5.74) is 8.51. The fraction of sp³-hybridized carbons (Fsp3) is 0.333. The lowest BCUT2D eigenvalue weighted by Crippen LogP contribution is -2.14. The van der Waals surface area contributed by atoms with Gasteiger partial charge < -0.3 is 15.8 Å². The zero-order chi connectivity index (χ0) is 14.5. The molecular formula is C15H20N4O. The van der Waals surface area contributed by atoms with Gasteiger partial charge in [0.15, 0.2) is 0 Å². The van der Waals surface area contributed by atoms with E-state index < -0.39 is 0 Å². The second kappa shape index (κ2) is 6.34. The molecule has 20 heavy (non-hydrogen) atoms. The Hall–Kier alpha value is -2.14. The molecular weight excluding hydrogens is 252 g/mol. The molecule has 0 saturated carbocycles. The molecule has 0 aliphatic heterocycles. The van der Waals surface area contributed by atoms with Crippen LogP contribution in [0.3, 0.4) is 0 Å². The number of benzene rings is 1. The van der Waals surface area contributed by atoms with Crippen molar-refractivity contribution in [2.75, 3.05) is 25.5 Å². The van der Waals surface area contributed by atoms with Crippen molar-refractivity contribution in [1.29, 1.82) is 0 Å². The molecule has 0 atom stereocenters. The van der Waals surface area contributed by atoms with E-state index >= 15 is 0 Å². The minimum atomic E-state index is 0.569. The lowest BCUT2D eigenvalue weighted by molar-refractivity contribution is 0.412. The molecule has 0 amide bonds. The third-order valence-corrected chi connectivity index (χ3v) is 2.98. The molecule has 0 aliphatic carbocycles. The van der Waals surface area contributed by atoms with Crippen LogP contribution in [0.4, 0.5) is 5.82 Å². The Morgan fingerprint density at radius 1 is 1.20 bits per heavy atom. The van der Waals surface area contributed by atoms with Gasteiger partial charge in [-0.3, -0.25) is 0 Å². The highest BCUT2D eigenvalue weighted by atomic mass is 16.5. The molecule has 1 aromatic carbocycles. The summed E-state index contributed by atoms with van der Waals surface area (Å²) < 4.78 is 5.28. The molecule has 2 rings (SSSR count). The highest BCUT2D eigenvalue weighted by molar-refractivity contribution is 5.64. The summed E-state index contributed by atoms with van der Waals surface area (Å²) in [6.07, 6.45) is 0. The van der Waals surface area contributed by atoms with E-state index in [0.29, 0.717) is 13.1 Å². The van der Waals surface area contributed by atoms with Crippen LogP contribution in [-0.4, -0.2) is 30.2 Å². The van der Waals surface area contributed by atoms with E-state index in [4.69, 9.17) is 10.5 Å². The van der Waals surface area contributed by atoms with Gasteiger partial charge in [0, 0.05) is 24.7 Å². The number of nitrogens with two attached hydrogens (primary N) is 1. The van der Waals surface area contributed by atoms with Crippen molar-refractivity contribution in [3.8, 4) is 17.0 Å². The maximum Gasteiger partial charge on any atom is 0.130 e. The predicted octanol–water partition coefficient (Wildman–Crippen LogP) is 2.14. The second-order valence-electron chi connectivity index (χ2n) is 4.59. The van der Waals surface area contributed by atoms with Crippen LogP contribution in [0.1, 0.15) is 11.4 Å². The molecule has 1 aromatic heterocycles. The van der Waals surface area contributed by atoms with E-state index in [9.17, 15) is 0 Å². The molecule has 0 spiro atoms. The van der Waals surface area contributed by atoms with E-state index in [1.165, 1.54) is 0 Å². The van der Waals surface area contributed by atoms with Gasteiger partial charge in [-0.1, -0.05) is 0 Å². The smallest absolute Gasteiger partial charge is 0.130 e. The summed E-state index contributed by atoms with van der Waals surface area (Å²) in [5, 5.41) is 3.18. The van der Waals surface area contributed by atoms with Crippen LogP contribution in [0.15, 0.2) is 24.3 Å². The largest absolute Gasteiger partial charge is 0.496 e. The molecule has 106 valence electrons. The number of anilines is 1. The molecule has 0 saturated heterocycles. The first-order valence-electron chi connectivity index (χ1n) is 6.58. The third kappa shape index (κ3) is 3.24. The van der Waals surface area contributed by atoms with Crippen LogP contribution in [0.2, 0.25) is 0 Å². The van der Waals surface area contributed by atoms with Crippen molar-refractivity contribution in [1.82, 2.24) is 9.97 Å². The summed E-state index contributed by atoms with van der Waals surface area (Å²) in [6, 6.07) is 7.95. The molecule has 2 aromatic rings. The van der Waals surface area contributed by atoms with Crippen LogP contribution in [0.5, 0.6) is 5.75 Å². The number of hydrogen-bond donors (Lipinski definition) is 2. The maximum absolute atomic E-state index is 5.50. The number of methoxy groups -OCH3 is 1. The van der Waals surface area contributed by atoms with Crippen molar-refractivity contribution in [2.24, 2.45) is 5.73 Å². The molecule has 3 N–H and O–H groups in total. The summed E-state index contributed by atoms with van der Waals surface area (Å²) in [4.78, 5) is 8.84. The first-order chi connectivity index (χ1) is 9.63. The Labute approximate surface area is 119 Å². The van der Waals surface area contributed by atoms with Gasteiger partial charge in [0.2, 0.25) is 0 Å². The zero-order valence-electron chi connectivity index (χ0n) is 12.1. The quantitative estimate of drug-likeness (QED) is 0.872. The van der Waals surface area contributed by atoms with E-state index in [1.807, 2.05) is 32.0 Å². The summed E-state index contributed by atoms with van der Waals surface area (Å²) in [6.45, 7) is 5.16. The summed E-state index contributed by atoms with van der Waals surface area (Å²) >= 11 is 0. The number of ether oxygens (including phenoxy) is 1. The van der Waals surface area contributed by atoms with Crippen molar-refractivity contribution >= 4 is 5.82 Å².